The van der Waals surface area contributed by atoms with Gasteiger partial charge in [0.15, 0.2) is 0 Å². The monoisotopic (exact) mass is 471 g/mol. The number of piperidine rings is 1. The van der Waals surface area contributed by atoms with Crippen LogP contribution in [-0.2, 0) is 11.4 Å². The van der Waals surface area contributed by atoms with E-state index < -0.39 is 0 Å². The van der Waals surface area contributed by atoms with E-state index in [9.17, 15) is 4.79 Å². The molecule has 1 saturated heterocycles. The van der Waals surface area contributed by atoms with Crippen molar-refractivity contribution in [2.24, 2.45) is 0 Å². The van der Waals surface area contributed by atoms with Crippen LogP contribution in [0.25, 0.3) is 17.1 Å². The number of aromatic nitrogens is 2. The van der Waals surface area contributed by atoms with E-state index >= 15 is 0 Å². The van der Waals surface area contributed by atoms with Crippen molar-refractivity contribution < 1.29 is 9.53 Å². The van der Waals surface area contributed by atoms with Gasteiger partial charge in [-0.15, -0.1) is 0 Å². The molecule has 0 aliphatic carbocycles. The van der Waals surface area contributed by atoms with Crippen LogP contribution in [-0.4, -0.2) is 33.9 Å². The highest BCUT2D eigenvalue weighted by Crippen LogP contribution is 2.28. The summed E-state index contributed by atoms with van der Waals surface area (Å²) in [5.74, 6) is 2.19. The fourth-order valence-corrected chi connectivity index (χ4v) is 4.45. The number of imidazole rings is 1. The second kappa shape index (κ2) is 10.1. The molecule has 0 atom stereocenters. The van der Waals surface area contributed by atoms with E-state index in [1.54, 1.807) is 6.08 Å². The topological polar surface area (TPSA) is 58.2 Å². The van der Waals surface area contributed by atoms with Gasteiger partial charge in [-0.1, -0.05) is 54.1 Å². The summed E-state index contributed by atoms with van der Waals surface area (Å²) in [5.41, 5.74) is 3.97. The number of likely N-dealkylation sites (tertiary alicyclic amines) is 1. The number of rotatable bonds is 6. The molecule has 4 aromatic rings. The lowest BCUT2D eigenvalue weighted by Gasteiger charge is -2.30. The first-order valence-electron chi connectivity index (χ1n) is 11.5. The highest BCUT2D eigenvalue weighted by atomic mass is 35.5. The fraction of sp³-hybridized carbons (Fsp3) is 0.214. The van der Waals surface area contributed by atoms with Crippen LogP contribution >= 0.6 is 11.6 Å². The van der Waals surface area contributed by atoms with Gasteiger partial charge in [-0.05, 0) is 54.8 Å². The molecule has 0 saturated carbocycles. The van der Waals surface area contributed by atoms with E-state index in [1.165, 1.54) is 0 Å². The second-order valence-corrected chi connectivity index (χ2v) is 8.93. The van der Waals surface area contributed by atoms with E-state index in [1.807, 2.05) is 83.8 Å². The molecular formula is C28H26ClN3O2. The number of benzene rings is 3. The van der Waals surface area contributed by atoms with E-state index in [0.29, 0.717) is 17.5 Å². The number of ether oxygens (including phenoxy) is 1. The maximum Gasteiger partial charge on any atom is 0.246 e. The lowest BCUT2D eigenvalue weighted by atomic mass is 9.96. The number of amides is 1. The standard InChI is InChI=1S/C28H26ClN3O2/c29-24-6-2-1-5-22(24)19-34-23-12-9-20(10-13-23)11-14-27(33)32-17-15-21(16-18-32)28-30-25-7-3-4-8-26(25)31-28/h1-14,21H,15-19H2,(H,30,31)/b14-11+. The van der Waals surface area contributed by atoms with E-state index in [-0.39, 0.29) is 5.91 Å². The molecule has 0 spiro atoms. The molecule has 2 heterocycles. The summed E-state index contributed by atoms with van der Waals surface area (Å²) in [6, 6.07) is 23.4. The molecule has 172 valence electrons. The average Bonchev–Trinajstić information content (AvgIpc) is 3.32. The summed E-state index contributed by atoms with van der Waals surface area (Å²) in [6.07, 6.45) is 5.33. The van der Waals surface area contributed by atoms with Gasteiger partial charge in [-0.25, -0.2) is 4.98 Å². The Balaban J connectivity index is 1.12. The molecule has 34 heavy (non-hydrogen) atoms. The van der Waals surface area contributed by atoms with Gasteiger partial charge in [0.2, 0.25) is 5.91 Å². The number of H-pyrrole nitrogens is 1. The minimum atomic E-state index is 0.0436. The summed E-state index contributed by atoms with van der Waals surface area (Å²) in [7, 11) is 0. The van der Waals surface area contributed by atoms with Gasteiger partial charge in [-0.3, -0.25) is 4.79 Å². The predicted octanol–water partition coefficient (Wildman–Crippen LogP) is 6.21. The van der Waals surface area contributed by atoms with Crippen LogP contribution in [0.15, 0.2) is 78.9 Å². The number of hydrogen-bond donors (Lipinski definition) is 1. The van der Waals surface area contributed by atoms with Crippen molar-refractivity contribution in [3.8, 4) is 5.75 Å². The van der Waals surface area contributed by atoms with Crippen LogP contribution in [0.1, 0.15) is 35.7 Å². The quantitative estimate of drug-likeness (QED) is 0.340. The van der Waals surface area contributed by atoms with Crippen LogP contribution < -0.4 is 4.74 Å². The summed E-state index contributed by atoms with van der Waals surface area (Å²) in [5, 5.41) is 0.696. The van der Waals surface area contributed by atoms with Crippen molar-refractivity contribution in [3.63, 3.8) is 0 Å². The van der Waals surface area contributed by atoms with E-state index in [2.05, 4.69) is 4.98 Å². The molecule has 0 radical (unpaired) electrons. The molecule has 1 aliphatic rings. The van der Waals surface area contributed by atoms with Crippen molar-refractivity contribution in [1.29, 1.82) is 0 Å². The summed E-state index contributed by atoms with van der Waals surface area (Å²) in [4.78, 5) is 22.8. The smallest absolute Gasteiger partial charge is 0.246 e. The summed E-state index contributed by atoms with van der Waals surface area (Å²) >= 11 is 6.18. The van der Waals surface area contributed by atoms with Gasteiger partial charge >= 0.3 is 0 Å². The van der Waals surface area contributed by atoms with Gasteiger partial charge in [0.25, 0.3) is 0 Å². The van der Waals surface area contributed by atoms with Crippen molar-refractivity contribution in [2.45, 2.75) is 25.4 Å². The molecular weight excluding hydrogens is 446 g/mol. The fourth-order valence-electron chi connectivity index (χ4n) is 4.26. The van der Waals surface area contributed by atoms with Gasteiger partial charge in [0.1, 0.15) is 18.2 Å². The van der Waals surface area contributed by atoms with Crippen LogP contribution in [0.2, 0.25) is 5.02 Å². The Labute approximate surface area is 204 Å². The Morgan fingerprint density at radius 2 is 1.76 bits per heavy atom. The molecule has 1 fully saturated rings. The van der Waals surface area contributed by atoms with Crippen LogP contribution in [0.4, 0.5) is 0 Å². The highest BCUT2D eigenvalue weighted by Gasteiger charge is 2.24. The summed E-state index contributed by atoms with van der Waals surface area (Å²) in [6.45, 7) is 1.89. The van der Waals surface area contributed by atoms with Gasteiger partial charge in [0, 0.05) is 35.7 Å². The zero-order chi connectivity index (χ0) is 23.3. The molecule has 1 aromatic heterocycles. The van der Waals surface area contributed by atoms with Crippen LogP contribution in [0.5, 0.6) is 5.75 Å². The maximum absolute atomic E-state index is 12.7. The molecule has 3 aromatic carbocycles. The summed E-state index contributed by atoms with van der Waals surface area (Å²) < 4.78 is 5.82. The third kappa shape index (κ3) is 5.15. The number of para-hydroxylation sites is 2. The van der Waals surface area contributed by atoms with E-state index in [0.717, 1.165) is 59.7 Å². The number of fused-ring (bicyclic) bond motifs is 1. The van der Waals surface area contributed by atoms with E-state index in [4.69, 9.17) is 21.3 Å². The number of nitrogens with zero attached hydrogens (tertiary/aromatic N) is 2. The second-order valence-electron chi connectivity index (χ2n) is 8.52. The number of carbonyl (C=O) groups is 1. The van der Waals surface area contributed by atoms with Crippen molar-refractivity contribution in [1.82, 2.24) is 14.9 Å². The Morgan fingerprint density at radius 1 is 1.03 bits per heavy atom. The molecule has 6 heteroatoms. The number of nitrogens with one attached hydrogen (secondary N) is 1. The lowest BCUT2D eigenvalue weighted by molar-refractivity contribution is -0.127. The molecule has 0 bridgehead atoms. The maximum atomic E-state index is 12.7. The number of aromatic amines is 1. The highest BCUT2D eigenvalue weighted by molar-refractivity contribution is 6.31. The third-order valence-corrected chi connectivity index (χ3v) is 6.62. The van der Waals surface area contributed by atoms with Crippen LogP contribution in [0.3, 0.4) is 0 Å². The number of halogens is 1. The Bertz CT molecular complexity index is 1270. The molecule has 5 rings (SSSR count). The third-order valence-electron chi connectivity index (χ3n) is 6.25. The first kappa shape index (κ1) is 22.2. The molecule has 1 aliphatic heterocycles. The van der Waals surface area contributed by atoms with Crippen molar-refractivity contribution in [3.05, 3.63) is 101 Å². The Hall–Kier alpha value is -3.57. The first-order chi connectivity index (χ1) is 16.7. The van der Waals surface area contributed by atoms with Crippen molar-refractivity contribution >= 4 is 34.6 Å². The largest absolute Gasteiger partial charge is 0.489 e. The zero-order valence-corrected chi connectivity index (χ0v) is 19.5. The van der Waals surface area contributed by atoms with Crippen molar-refractivity contribution in [2.75, 3.05) is 13.1 Å². The minimum Gasteiger partial charge on any atom is -0.489 e. The van der Waals surface area contributed by atoms with Gasteiger partial charge in [-0.2, -0.15) is 0 Å². The predicted molar refractivity (Wildman–Crippen MR) is 136 cm³/mol. The molecule has 1 N–H and O–H groups in total. The lowest BCUT2D eigenvalue weighted by Crippen LogP contribution is -2.37. The minimum absolute atomic E-state index is 0.0436. The number of carbonyl (C=O) groups excluding carboxylic acids is 1. The zero-order valence-electron chi connectivity index (χ0n) is 18.8. The normalized spacial score (nSPS) is 14.7. The van der Waals surface area contributed by atoms with Gasteiger partial charge < -0.3 is 14.6 Å². The number of hydrogen-bond acceptors (Lipinski definition) is 3. The average molecular weight is 472 g/mol. The molecule has 1 amide bonds. The Morgan fingerprint density at radius 3 is 2.53 bits per heavy atom. The Kier molecular flexibility index (Phi) is 6.63. The van der Waals surface area contributed by atoms with Crippen LogP contribution in [0, 0.1) is 0 Å². The molecule has 0 unspecified atom stereocenters. The SMILES string of the molecule is O=C(/C=C/c1ccc(OCc2ccccc2Cl)cc1)N1CCC(c2nc3ccccc3[nH]2)CC1. The van der Waals surface area contributed by atoms with Gasteiger partial charge in [0.05, 0.1) is 11.0 Å². The molecule has 5 nitrogen and oxygen atoms in total. The first-order valence-corrected chi connectivity index (χ1v) is 11.9.